The molecule has 1 N–H and O–H groups in total. The summed E-state index contributed by atoms with van der Waals surface area (Å²) in [4.78, 5) is 11.7. The Balaban J connectivity index is 2.04. The van der Waals surface area contributed by atoms with Gasteiger partial charge in [-0.05, 0) is 12.7 Å². The van der Waals surface area contributed by atoms with Gasteiger partial charge < -0.3 is 5.32 Å². The second kappa shape index (κ2) is 2.45. The molecule has 0 radical (unpaired) electrons. The molecule has 74 valence electrons. The number of amides is 1. The highest BCUT2D eigenvalue weighted by atomic mass is 32.2. The van der Waals surface area contributed by atoms with Crippen molar-refractivity contribution in [2.75, 3.05) is 12.8 Å². The second-order valence-electron chi connectivity index (χ2n) is 4.43. The van der Waals surface area contributed by atoms with Crippen molar-refractivity contribution in [3.05, 3.63) is 24.3 Å². The Hall–Kier alpha value is -0.700. The van der Waals surface area contributed by atoms with Crippen molar-refractivity contribution in [3.63, 3.8) is 0 Å². The van der Waals surface area contributed by atoms with Gasteiger partial charge in [0.2, 0.25) is 5.91 Å². The first kappa shape index (κ1) is 8.60. The fourth-order valence-corrected chi connectivity index (χ4v) is 4.11. The van der Waals surface area contributed by atoms with Crippen LogP contribution >= 0.6 is 11.8 Å². The molecule has 3 heteroatoms. The van der Waals surface area contributed by atoms with Gasteiger partial charge in [0, 0.05) is 17.4 Å². The van der Waals surface area contributed by atoms with Crippen molar-refractivity contribution < 1.29 is 4.79 Å². The van der Waals surface area contributed by atoms with Crippen LogP contribution in [0.3, 0.4) is 0 Å². The van der Waals surface area contributed by atoms with Crippen molar-refractivity contribution in [1.82, 2.24) is 5.32 Å². The minimum atomic E-state index is 0.109. The van der Waals surface area contributed by atoms with Gasteiger partial charge in [0.25, 0.3) is 0 Å². The van der Waals surface area contributed by atoms with Crippen LogP contribution in [0.1, 0.15) is 6.42 Å². The van der Waals surface area contributed by atoms with Crippen molar-refractivity contribution in [2.24, 2.45) is 10.8 Å². The molecule has 0 bridgehead atoms. The monoisotopic (exact) mass is 207 g/mol. The molecule has 2 aliphatic carbocycles. The number of rotatable bonds is 1. The summed E-state index contributed by atoms with van der Waals surface area (Å²) in [5, 5.41) is 3.12. The third-order valence-electron chi connectivity index (χ3n) is 3.85. The van der Waals surface area contributed by atoms with E-state index in [4.69, 9.17) is 0 Å². The molecule has 2 fully saturated rings. The molecule has 1 saturated heterocycles. The quantitative estimate of drug-likeness (QED) is 0.703. The van der Waals surface area contributed by atoms with E-state index in [1.807, 2.05) is 6.26 Å². The maximum atomic E-state index is 11.7. The van der Waals surface area contributed by atoms with Crippen LogP contribution in [0.5, 0.6) is 0 Å². The topological polar surface area (TPSA) is 29.1 Å². The fraction of sp³-hybridized carbons (Fsp3) is 0.545. The summed E-state index contributed by atoms with van der Waals surface area (Å²) < 4.78 is 0. The molecule has 3 rings (SSSR count). The zero-order chi connectivity index (χ0) is 9.81. The second-order valence-corrected chi connectivity index (χ2v) is 5.37. The molecule has 0 aromatic carbocycles. The van der Waals surface area contributed by atoms with Gasteiger partial charge in [-0.15, -0.1) is 0 Å². The van der Waals surface area contributed by atoms with E-state index in [0.717, 1.165) is 13.0 Å². The highest BCUT2D eigenvalue weighted by Crippen LogP contribution is 2.71. The van der Waals surface area contributed by atoms with Crippen LogP contribution < -0.4 is 5.32 Å². The zero-order valence-corrected chi connectivity index (χ0v) is 8.93. The van der Waals surface area contributed by atoms with Crippen molar-refractivity contribution in [2.45, 2.75) is 11.7 Å². The molecule has 2 nitrogen and oxygen atoms in total. The summed E-state index contributed by atoms with van der Waals surface area (Å²) in [5.41, 5.74) is 0.396. The van der Waals surface area contributed by atoms with Gasteiger partial charge in [-0.25, -0.2) is 0 Å². The molecule has 1 heterocycles. The molecule has 1 aliphatic heterocycles. The lowest BCUT2D eigenvalue weighted by Crippen LogP contribution is -2.48. The minimum absolute atomic E-state index is 0.109. The van der Waals surface area contributed by atoms with Gasteiger partial charge in [0.15, 0.2) is 0 Å². The Morgan fingerprint density at radius 3 is 3.07 bits per heavy atom. The molecule has 3 atom stereocenters. The predicted octanol–water partition coefficient (Wildman–Crippen LogP) is 1.35. The Morgan fingerprint density at radius 2 is 2.29 bits per heavy atom. The number of piperidine rings is 1. The molecular weight excluding hydrogens is 194 g/mol. The molecule has 14 heavy (non-hydrogen) atoms. The predicted molar refractivity (Wildman–Crippen MR) is 58.1 cm³/mol. The Morgan fingerprint density at radius 1 is 1.50 bits per heavy atom. The Bertz CT molecular complexity index is 362. The molecule has 2 unspecified atom stereocenters. The lowest BCUT2D eigenvalue weighted by molar-refractivity contribution is -0.123. The van der Waals surface area contributed by atoms with Crippen LogP contribution in [0.4, 0.5) is 0 Å². The van der Waals surface area contributed by atoms with Gasteiger partial charge >= 0.3 is 0 Å². The third-order valence-corrected chi connectivity index (χ3v) is 4.96. The standard InChI is InChI=1S/C11H13NOS/c1-14-8-9(13)12-7-10-4-2-3-5-11(8,10)6-10/h2-5,8H,6-7H2,1H3,(H,12,13)/t8-,10?,11?/m0/s1. The smallest absolute Gasteiger partial charge is 0.234 e. The fourth-order valence-electron chi connectivity index (χ4n) is 3.00. The maximum absolute atomic E-state index is 11.7. The van der Waals surface area contributed by atoms with Crippen molar-refractivity contribution in [1.29, 1.82) is 0 Å². The highest BCUT2D eigenvalue weighted by molar-refractivity contribution is 8.00. The number of nitrogens with one attached hydrogen (secondary N) is 1. The summed E-state index contributed by atoms with van der Waals surface area (Å²) >= 11 is 1.68. The van der Waals surface area contributed by atoms with Crippen molar-refractivity contribution >= 4 is 17.7 Å². The van der Waals surface area contributed by atoms with E-state index in [-0.39, 0.29) is 22.0 Å². The minimum Gasteiger partial charge on any atom is -0.354 e. The van der Waals surface area contributed by atoms with Gasteiger partial charge in [-0.3, -0.25) is 4.79 Å². The van der Waals surface area contributed by atoms with Crippen molar-refractivity contribution in [3.8, 4) is 0 Å². The average Bonchev–Trinajstić information content (AvgIpc) is 2.87. The van der Waals surface area contributed by atoms with Crippen LogP contribution in [0, 0.1) is 10.8 Å². The number of hydrogen-bond acceptors (Lipinski definition) is 2. The highest BCUT2D eigenvalue weighted by Gasteiger charge is 2.71. The number of carbonyl (C=O) groups excluding carboxylic acids is 1. The number of hydrogen-bond donors (Lipinski definition) is 1. The molecule has 0 aromatic heterocycles. The first-order chi connectivity index (χ1) is 6.74. The van der Waals surface area contributed by atoms with Crippen LogP contribution in [-0.4, -0.2) is 24.0 Å². The largest absolute Gasteiger partial charge is 0.354 e. The molecule has 1 saturated carbocycles. The Kier molecular flexibility index (Phi) is 1.51. The zero-order valence-electron chi connectivity index (χ0n) is 8.12. The normalized spacial score (nSPS) is 48.1. The first-order valence-electron chi connectivity index (χ1n) is 4.92. The number of carbonyl (C=O) groups is 1. The summed E-state index contributed by atoms with van der Waals surface area (Å²) in [6.45, 7) is 0.823. The van der Waals surface area contributed by atoms with E-state index >= 15 is 0 Å². The van der Waals surface area contributed by atoms with Gasteiger partial charge in [-0.2, -0.15) is 11.8 Å². The van der Waals surface area contributed by atoms with Gasteiger partial charge in [0.05, 0.1) is 5.25 Å². The van der Waals surface area contributed by atoms with E-state index in [2.05, 4.69) is 29.6 Å². The summed E-state index contributed by atoms with van der Waals surface area (Å²) in [6.07, 6.45) is 11.9. The molecule has 3 aliphatic rings. The summed E-state index contributed by atoms with van der Waals surface area (Å²) in [6, 6.07) is 0. The van der Waals surface area contributed by atoms with E-state index in [0.29, 0.717) is 0 Å². The number of thioether (sulfide) groups is 1. The molecule has 0 spiro atoms. The third kappa shape index (κ3) is 0.776. The first-order valence-corrected chi connectivity index (χ1v) is 6.20. The lowest BCUT2D eigenvalue weighted by atomic mass is 9.83. The average molecular weight is 207 g/mol. The molecular formula is C11H13NOS. The van der Waals surface area contributed by atoms with E-state index in [1.54, 1.807) is 11.8 Å². The Labute approximate surface area is 87.8 Å². The van der Waals surface area contributed by atoms with Crippen LogP contribution in [0.2, 0.25) is 0 Å². The summed E-state index contributed by atoms with van der Waals surface area (Å²) in [7, 11) is 0. The maximum Gasteiger partial charge on any atom is 0.234 e. The van der Waals surface area contributed by atoms with E-state index in [9.17, 15) is 4.79 Å². The van der Waals surface area contributed by atoms with Crippen LogP contribution in [0.25, 0.3) is 0 Å². The van der Waals surface area contributed by atoms with Crippen LogP contribution in [0.15, 0.2) is 24.3 Å². The lowest BCUT2D eigenvalue weighted by Gasteiger charge is -2.34. The molecule has 1 amide bonds. The number of allylic oxidation sites excluding steroid dienone is 3. The SMILES string of the molecule is CS[C@H]1C(=O)NCC23C=CC=CC12C3. The van der Waals surface area contributed by atoms with Crippen LogP contribution in [-0.2, 0) is 4.79 Å². The van der Waals surface area contributed by atoms with Gasteiger partial charge in [-0.1, -0.05) is 24.3 Å². The van der Waals surface area contributed by atoms with E-state index < -0.39 is 0 Å². The van der Waals surface area contributed by atoms with Gasteiger partial charge in [0.1, 0.15) is 0 Å². The molecule has 0 aromatic rings. The summed E-state index contributed by atoms with van der Waals surface area (Å²) in [5.74, 6) is 0.213. The van der Waals surface area contributed by atoms with E-state index in [1.165, 1.54) is 0 Å².